The van der Waals surface area contributed by atoms with Gasteiger partial charge in [-0.2, -0.15) is 0 Å². The van der Waals surface area contributed by atoms with Crippen LogP contribution in [0.4, 0.5) is 0 Å². The number of aromatic nitrogens is 3. The predicted molar refractivity (Wildman–Crippen MR) is 84.8 cm³/mol. The third-order valence-electron chi connectivity index (χ3n) is 4.77. The van der Waals surface area contributed by atoms with Gasteiger partial charge < -0.3 is 9.80 Å². The van der Waals surface area contributed by atoms with Crippen LogP contribution in [-0.2, 0) is 11.3 Å². The number of nitrogens with zero attached hydrogens (tertiary/aromatic N) is 5. The van der Waals surface area contributed by atoms with Crippen molar-refractivity contribution in [3.05, 3.63) is 11.9 Å². The highest BCUT2D eigenvalue weighted by Gasteiger charge is 2.32. The fourth-order valence-electron chi connectivity index (χ4n) is 3.30. The largest absolute Gasteiger partial charge is 0.341 e. The second-order valence-electron chi connectivity index (χ2n) is 6.78. The highest BCUT2D eigenvalue weighted by molar-refractivity contribution is 5.92. The molecule has 23 heavy (non-hydrogen) atoms. The van der Waals surface area contributed by atoms with Crippen molar-refractivity contribution in [1.82, 2.24) is 24.8 Å². The summed E-state index contributed by atoms with van der Waals surface area (Å²) in [7, 11) is 0. The van der Waals surface area contributed by atoms with Crippen LogP contribution in [0.1, 0.15) is 56.4 Å². The van der Waals surface area contributed by atoms with Crippen LogP contribution in [0.5, 0.6) is 0 Å². The molecular formula is C16H25N5O2. The lowest BCUT2D eigenvalue weighted by atomic mass is 9.90. The normalized spacial score (nSPS) is 18.3. The minimum atomic E-state index is -0.0791. The van der Waals surface area contributed by atoms with Gasteiger partial charge >= 0.3 is 0 Å². The summed E-state index contributed by atoms with van der Waals surface area (Å²) < 4.78 is 1.48. The van der Waals surface area contributed by atoms with Gasteiger partial charge in [0.15, 0.2) is 5.69 Å². The van der Waals surface area contributed by atoms with Crippen LogP contribution in [0.3, 0.4) is 0 Å². The van der Waals surface area contributed by atoms with Crippen LogP contribution in [-0.4, -0.2) is 61.8 Å². The van der Waals surface area contributed by atoms with Gasteiger partial charge in [-0.15, -0.1) is 5.10 Å². The number of hydrogen-bond donors (Lipinski definition) is 0. The molecule has 1 saturated heterocycles. The van der Waals surface area contributed by atoms with E-state index in [0.717, 1.165) is 38.8 Å². The van der Waals surface area contributed by atoms with Gasteiger partial charge in [0.25, 0.3) is 5.91 Å². The summed E-state index contributed by atoms with van der Waals surface area (Å²) in [6.45, 7) is 5.85. The average Bonchev–Trinajstić information content (AvgIpc) is 3.12. The van der Waals surface area contributed by atoms with E-state index in [2.05, 4.69) is 10.3 Å². The van der Waals surface area contributed by atoms with Gasteiger partial charge in [-0.05, 0) is 46.0 Å². The Bertz CT molecular complexity index is 573. The minimum Gasteiger partial charge on any atom is -0.341 e. The highest BCUT2D eigenvalue weighted by Crippen LogP contribution is 2.27. The second-order valence-corrected chi connectivity index (χ2v) is 6.78. The Morgan fingerprint density at radius 3 is 2.52 bits per heavy atom. The molecule has 1 aromatic heterocycles. The molecule has 2 fully saturated rings. The molecule has 7 nitrogen and oxygen atoms in total. The monoisotopic (exact) mass is 319 g/mol. The summed E-state index contributed by atoms with van der Waals surface area (Å²) >= 11 is 0. The van der Waals surface area contributed by atoms with Gasteiger partial charge in [0.2, 0.25) is 5.91 Å². The fraction of sp³-hybridized carbons (Fsp3) is 0.750. The van der Waals surface area contributed by atoms with E-state index >= 15 is 0 Å². The number of hydrogen-bond acceptors (Lipinski definition) is 4. The van der Waals surface area contributed by atoms with Crippen molar-refractivity contribution >= 4 is 11.8 Å². The van der Waals surface area contributed by atoms with E-state index in [9.17, 15) is 9.59 Å². The average molecular weight is 319 g/mol. The zero-order valence-corrected chi connectivity index (χ0v) is 13.9. The van der Waals surface area contributed by atoms with Crippen molar-refractivity contribution in [3.8, 4) is 0 Å². The minimum absolute atomic E-state index is 0.0473. The third kappa shape index (κ3) is 3.38. The van der Waals surface area contributed by atoms with Crippen molar-refractivity contribution in [3.63, 3.8) is 0 Å². The van der Waals surface area contributed by atoms with Gasteiger partial charge in [-0.3, -0.25) is 9.59 Å². The zero-order valence-electron chi connectivity index (χ0n) is 13.9. The number of carbonyl (C=O) groups excluding carboxylic acids is 2. The summed E-state index contributed by atoms with van der Waals surface area (Å²) in [4.78, 5) is 28.6. The molecule has 0 spiro atoms. The van der Waals surface area contributed by atoms with Crippen molar-refractivity contribution < 1.29 is 9.59 Å². The maximum absolute atomic E-state index is 12.7. The van der Waals surface area contributed by atoms with Gasteiger partial charge in [0, 0.05) is 25.2 Å². The fourth-order valence-corrected chi connectivity index (χ4v) is 3.30. The Kier molecular flexibility index (Phi) is 4.63. The first-order valence-electron chi connectivity index (χ1n) is 8.57. The first-order valence-corrected chi connectivity index (χ1v) is 8.57. The molecule has 3 rings (SSSR count). The highest BCUT2D eigenvalue weighted by atomic mass is 16.2. The van der Waals surface area contributed by atoms with Crippen LogP contribution >= 0.6 is 0 Å². The van der Waals surface area contributed by atoms with Crippen molar-refractivity contribution in [1.29, 1.82) is 0 Å². The van der Waals surface area contributed by atoms with Crippen molar-refractivity contribution in [2.45, 2.75) is 64.6 Å². The van der Waals surface area contributed by atoms with E-state index < -0.39 is 0 Å². The molecule has 1 aromatic rings. The van der Waals surface area contributed by atoms with Crippen LogP contribution in [0.2, 0.25) is 0 Å². The SMILES string of the molecule is CC(C)N(C(=O)c1cn(CC(=O)N2CCCC2)nn1)C1CCC1. The summed E-state index contributed by atoms with van der Waals surface area (Å²) in [6.07, 6.45) is 7.04. The zero-order chi connectivity index (χ0) is 16.4. The molecule has 1 saturated carbocycles. The molecule has 126 valence electrons. The van der Waals surface area contributed by atoms with Crippen LogP contribution in [0.25, 0.3) is 0 Å². The van der Waals surface area contributed by atoms with Crippen molar-refractivity contribution in [2.24, 2.45) is 0 Å². The maximum Gasteiger partial charge on any atom is 0.276 e. The van der Waals surface area contributed by atoms with Gasteiger partial charge in [0.05, 0.1) is 6.20 Å². The summed E-state index contributed by atoms with van der Waals surface area (Å²) in [5.41, 5.74) is 0.333. The van der Waals surface area contributed by atoms with Crippen LogP contribution < -0.4 is 0 Å². The number of rotatable bonds is 5. The first-order chi connectivity index (χ1) is 11.1. The van der Waals surface area contributed by atoms with E-state index in [-0.39, 0.29) is 24.4 Å². The van der Waals surface area contributed by atoms with Crippen molar-refractivity contribution in [2.75, 3.05) is 13.1 Å². The van der Waals surface area contributed by atoms with Gasteiger partial charge in [-0.25, -0.2) is 4.68 Å². The molecule has 1 aliphatic carbocycles. The summed E-state index contributed by atoms with van der Waals surface area (Å²) in [5.74, 6) is -0.0318. The second kappa shape index (κ2) is 6.68. The molecule has 0 atom stereocenters. The molecule has 1 aliphatic heterocycles. The Balaban J connectivity index is 1.65. The Labute approximate surface area is 136 Å². The third-order valence-corrected chi connectivity index (χ3v) is 4.77. The van der Waals surface area contributed by atoms with Gasteiger partial charge in [-0.1, -0.05) is 5.21 Å². The number of likely N-dealkylation sites (tertiary alicyclic amines) is 1. The molecule has 0 bridgehead atoms. The molecule has 0 radical (unpaired) electrons. The standard InChI is InChI=1S/C16H25N5O2/c1-12(2)21(13-6-5-7-13)16(23)14-10-20(18-17-14)11-15(22)19-8-3-4-9-19/h10,12-13H,3-9,11H2,1-2H3. The Morgan fingerprint density at radius 2 is 1.96 bits per heavy atom. The molecule has 0 aromatic carbocycles. The molecule has 2 amide bonds. The van der Waals surface area contributed by atoms with E-state index in [0.29, 0.717) is 11.7 Å². The quantitative estimate of drug-likeness (QED) is 0.820. The smallest absolute Gasteiger partial charge is 0.276 e. The Hall–Kier alpha value is -1.92. The predicted octanol–water partition coefficient (Wildman–Crippen LogP) is 1.30. The number of carbonyl (C=O) groups is 2. The van der Waals surface area contributed by atoms with E-state index in [4.69, 9.17) is 0 Å². The Morgan fingerprint density at radius 1 is 1.26 bits per heavy atom. The lowest BCUT2D eigenvalue weighted by molar-refractivity contribution is -0.130. The molecule has 0 N–H and O–H groups in total. The molecule has 0 unspecified atom stereocenters. The number of amides is 2. The van der Waals surface area contributed by atoms with Crippen LogP contribution in [0, 0.1) is 0 Å². The van der Waals surface area contributed by atoms with Crippen LogP contribution in [0.15, 0.2) is 6.20 Å². The molecule has 7 heteroatoms. The van der Waals surface area contributed by atoms with E-state index in [1.807, 2.05) is 23.6 Å². The lowest BCUT2D eigenvalue weighted by Gasteiger charge is -2.39. The topological polar surface area (TPSA) is 71.3 Å². The maximum atomic E-state index is 12.7. The first kappa shape index (κ1) is 16.0. The lowest BCUT2D eigenvalue weighted by Crippen LogP contribution is -2.48. The molecule has 2 heterocycles. The molecule has 2 aliphatic rings. The molecular weight excluding hydrogens is 294 g/mol. The van der Waals surface area contributed by atoms with E-state index in [1.54, 1.807) is 6.20 Å². The van der Waals surface area contributed by atoms with E-state index in [1.165, 1.54) is 11.1 Å². The summed E-state index contributed by atoms with van der Waals surface area (Å²) in [5, 5.41) is 7.96. The van der Waals surface area contributed by atoms with Gasteiger partial charge in [0.1, 0.15) is 6.54 Å². The summed E-state index contributed by atoms with van der Waals surface area (Å²) in [6, 6.07) is 0.461.